The summed E-state index contributed by atoms with van der Waals surface area (Å²) in [7, 11) is 1.45. The molecule has 2 rings (SSSR count). The van der Waals surface area contributed by atoms with Crippen LogP contribution in [0.2, 0.25) is 0 Å². The van der Waals surface area contributed by atoms with Crippen LogP contribution in [0, 0.1) is 5.92 Å². The van der Waals surface area contributed by atoms with Gasteiger partial charge in [-0.2, -0.15) is 13.2 Å². The predicted octanol–water partition coefficient (Wildman–Crippen LogP) is 2.34. The number of aromatic nitrogens is 2. The number of halogens is 3. The fourth-order valence-electron chi connectivity index (χ4n) is 3.03. The number of aliphatic hydroxyl groups is 1. The van der Waals surface area contributed by atoms with E-state index in [0.29, 0.717) is 5.92 Å². The van der Waals surface area contributed by atoms with Crippen molar-refractivity contribution < 1.29 is 18.3 Å². The monoisotopic (exact) mass is 305 g/mol. The van der Waals surface area contributed by atoms with Gasteiger partial charge in [-0.25, -0.2) is 4.98 Å². The molecule has 0 aromatic carbocycles. The average Bonchev–Trinajstić information content (AvgIpc) is 2.97. The van der Waals surface area contributed by atoms with Crippen molar-refractivity contribution in [3.8, 4) is 0 Å². The lowest BCUT2D eigenvalue weighted by molar-refractivity contribution is -0.272. The van der Waals surface area contributed by atoms with Crippen molar-refractivity contribution in [2.45, 2.75) is 50.4 Å². The Morgan fingerprint density at radius 3 is 2.62 bits per heavy atom. The molecule has 21 heavy (non-hydrogen) atoms. The van der Waals surface area contributed by atoms with Gasteiger partial charge < -0.3 is 15.0 Å². The summed E-state index contributed by atoms with van der Waals surface area (Å²) >= 11 is 0. The van der Waals surface area contributed by atoms with Crippen LogP contribution in [0.1, 0.15) is 38.4 Å². The minimum absolute atomic E-state index is 0.109. The fraction of sp³-hybridized carbons (Fsp3) is 0.786. The van der Waals surface area contributed by atoms with Gasteiger partial charge in [0.1, 0.15) is 5.82 Å². The fourth-order valence-corrected chi connectivity index (χ4v) is 3.03. The predicted molar refractivity (Wildman–Crippen MR) is 72.6 cm³/mol. The van der Waals surface area contributed by atoms with E-state index in [9.17, 15) is 18.3 Å². The van der Waals surface area contributed by atoms with Crippen LogP contribution in [-0.4, -0.2) is 33.4 Å². The molecule has 3 unspecified atom stereocenters. The summed E-state index contributed by atoms with van der Waals surface area (Å²) in [6.07, 6.45) is 0.646. The first-order valence-corrected chi connectivity index (χ1v) is 7.26. The van der Waals surface area contributed by atoms with Gasteiger partial charge in [-0.1, -0.05) is 13.3 Å². The highest BCUT2D eigenvalue weighted by molar-refractivity contribution is 5.08. The molecule has 1 aliphatic carbocycles. The van der Waals surface area contributed by atoms with Gasteiger partial charge in [-0.3, -0.25) is 0 Å². The third kappa shape index (κ3) is 3.23. The highest BCUT2D eigenvalue weighted by atomic mass is 19.4. The second-order valence-electron chi connectivity index (χ2n) is 5.94. The summed E-state index contributed by atoms with van der Waals surface area (Å²) < 4.78 is 41.1. The molecule has 0 saturated heterocycles. The quantitative estimate of drug-likeness (QED) is 0.878. The molecule has 1 aromatic rings. The zero-order valence-corrected chi connectivity index (χ0v) is 12.3. The van der Waals surface area contributed by atoms with Crippen molar-refractivity contribution in [2.75, 3.05) is 6.54 Å². The highest BCUT2D eigenvalue weighted by Gasteiger charge is 2.57. The Kier molecular flexibility index (Phi) is 4.63. The number of alkyl halides is 3. The van der Waals surface area contributed by atoms with Crippen LogP contribution in [0.15, 0.2) is 12.4 Å². The first-order chi connectivity index (χ1) is 9.75. The maximum atomic E-state index is 13.3. The summed E-state index contributed by atoms with van der Waals surface area (Å²) in [6.45, 7) is 2.21. The zero-order valence-electron chi connectivity index (χ0n) is 12.3. The molecule has 4 nitrogen and oxygen atoms in total. The molecule has 7 heteroatoms. The number of hydrogen-bond acceptors (Lipinski definition) is 3. The van der Waals surface area contributed by atoms with Gasteiger partial charge in [0.05, 0.1) is 0 Å². The number of hydrogen-bond donors (Lipinski definition) is 2. The Labute approximate surface area is 122 Å². The third-order valence-corrected chi connectivity index (χ3v) is 4.41. The van der Waals surface area contributed by atoms with E-state index in [1.54, 1.807) is 0 Å². The summed E-state index contributed by atoms with van der Waals surface area (Å²) in [5.74, 6) is 0.105. The van der Waals surface area contributed by atoms with Crippen molar-refractivity contribution in [1.82, 2.24) is 14.9 Å². The first-order valence-electron chi connectivity index (χ1n) is 7.26. The number of aryl methyl sites for hydroxylation is 1. The third-order valence-electron chi connectivity index (χ3n) is 4.41. The van der Waals surface area contributed by atoms with Crippen LogP contribution >= 0.6 is 0 Å². The zero-order chi connectivity index (χ0) is 15.7. The standard InChI is InChI=1S/C14H22F3N3O/c1-10-4-3-5-11(10)18-7-6-13(21,14(15,16)17)12-19-8-9-20(12)2/h8-11,18,21H,3-7H2,1-2H3. The molecule has 0 amide bonds. The summed E-state index contributed by atoms with van der Waals surface area (Å²) in [5, 5.41) is 13.3. The number of nitrogens with zero attached hydrogens (tertiary/aromatic N) is 2. The molecule has 2 N–H and O–H groups in total. The summed E-state index contributed by atoms with van der Waals surface area (Å²) in [5.41, 5.74) is -2.92. The van der Waals surface area contributed by atoms with Crippen LogP contribution in [0.25, 0.3) is 0 Å². The minimum Gasteiger partial charge on any atom is -0.374 e. The van der Waals surface area contributed by atoms with Gasteiger partial charge in [0, 0.05) is 31.9 Å². The van der Waals surface area contributed by atoms with Crippen molar-refractivity contribution >= 4 is 0 Å². The van der Waals surface area contributed by atoms with Crippen LogP contribution < -0.4 is 5.32 Å². The highest BCUT2D eigenvalue weighted by Crippen LogP contribution is 2.40. The summed E-state index contributed by atoms with van der Waals surface area (Å²) in [6, 6.07) is 0.240. The summed E-state index contributed by atoms with van der Waals surface area (Å²) in [4.78, 5) is 3.68. The van der Waals surface area contributed by atoms with Crippen molar-refractivity contribution in [3.63, 3.8) is 0 Å². The average molecular weight is 305 g/mol. The number of imidazole rings is 1. The SMILES string of the molecule is CC1CCCC1NCCC(O)(c1nccn1C)C(F)(F)F. The minimum atomic E-state index is -4.75. The maximum Gasteiger partial charge on any atom is 0.424 e. The Hall–Kier alpha value is -1.08. The van der Waals surface area contributed by atoms with E-state index in [2.05, 4.69) is 17.2 Å². The lowest BCUT2D eigenvalue weighted by Gasteiger charge is -2.30. The molecule has 0 aliphatic heterocycles. The first kappa shape index (κ1) is 16.3. The normalized spacial score (nSPS) is 26.0. The molecule has 0 spiro atoms. The molecule has 1 aliphatic rings. The van der Waals surface area contributed by atoms with Crippen LogP contribution in [0.5, 0.6) is 0 Å². The molecule has 120 valence electrons. The molecular weight excluding hydrogens is 283 g/mol. The Balaban J connectivity index is 2.06. The lowest BCUT2D eigenvalue weighted by atomic mass is 9.97. The van der Waals surface area contributed by atoms with Gasteiger partial charge in [-0.05, 0) is 25.3 Å². The topological polar surface area (TPSA) is 50.1 Å². The second-order valence-corrected chi connectivity index (χ2v) is 5.94. The Bertz CT molecular complexity index is 474. The van der Waals surface area contributed by atoms with Crippen molar-refractivity contribution in [3.05, 3.63) is 18.2 Å². The van der Waals surface area contributed by atoms with Crippen LogP contribution in [-0.2, 0) is 12.6 Å². The van der Waals surface area contributed by atoms with E-state index < -0.39 is 18.2 Å². The van der Waals surface area contributed by atoms with Gasteiger partial charge >= 0.3 is 6.18 Å². The maximum absolute atomic E-state index is 13.3. The smallest absolute Gasteiger partial charge is 0.374 e. The Morgan fingerprint density at radius 1 is 1.43 bits per heavy atom. The molecule has 0 radical (unpaired) electrons. The van der Waals surface area contributed by atoms with E-state index in [4.69, 9.17) is 0 Å². The largest absolute Gasteiger partial charge is 0.424 e. The van der Waals surface area contributed by atoms with E-state index in [0.717, 1.165) is 19.3 Å². The molecule has 0 bridgehead atoms. The molecular formula is C14H22F3N3O. The molecule has 1 heterocycles. The van der Waals surface area contributed by atoms with Crippen LogP contribution in [0.4, 0.5) is 13.2 Å². The van der Waals surface area contributed by atoms with E-state index in [-0.39, 0.29) is 18.4 Å². The number of rotatable bonds is 5. The van der Waals surface area contributed by atoms with Crippen LogP contribution in [0.3, 0.4) is 0 Å². The Morgan fingerprint density at radius 2 is 2.14 bits per heavy atom. The van der Waals surface area contributed by atoms with Gasteiger partial charge in [0.2, 0.25) is 5.60 Å². The molecule has 1 aromatic heterocycles. The van der Waals surface area contributed by atoms with Crippen molar-refractivity contribution in [2.24, 2.45) is 13.0 Å². The van der Waals surface area contributed by atoms with E-state index in [1.807, 2.05) is 0 Å². The van der Waals surface area contributed by atoms with Gasteiger partial charge in [0.25, 0.3) is 0 Å². The molecule has 1 saturated carbocycles. The molecule has 1 fully saturated rings. The van der Waals surface area contributed by atoms with Gasteiger partial charge in [-0.15, -0.1) is 0 Å². The number of nitrogens with one attached hydrogen (secondary N) is 1. The lowest BCUT2D eigenvalue weighted by Crippen LogP contribution is -2.47. The van der Waals surface area contributed by atoms with Crippen molar-refractivity contribution in [1.29, 1.82) is 0 Å². The van der Waals surface area contributed by atoms with E-state index in [1.165, 1.54) is 24.0 Å². The van der Waals surface area contributed by atoms with Gasteiger partial charge in [0.15, 0.2) is 0 Å². The second kappa shape index (κ2) is 5.96. The van der Waals surface area contributed by atoms with E-state index >= 15 is 0 Å². The molecule has 3 atom stereocenters.